The fraction of sp³-hybridized carbons (Fsp3) is 0.125. The average molecular weight is 370 g/mol. The summed E-state index contributed by atoms with van der Waals surface area (Å²) in [6.07, 6.45) is 0. The van der Waals surface area contributed by atoms with E-state index < -0.39 is 0 Å². The molecule has 0 atom stereocenters. The van der Waals surface area contributed by atoms with Crippen LogP contribution in [0, 0.1) is 13.8 Å². The first kappa shape index (κ1) is 17.9. The molecule has 4 rings (SSSR count). The summed E-state index contributed by atoms with van der Waals surface area (Å²) >= 11 is 0. The SMILES string of the molecule is Cc1cc(C)cc(NC(=O)c2cc3ccc(OCc4ccccc4)cc3[nH]2)c1. The number of aryl methyl sites for hydroxylation is 2. The van der Waals surface area contributed by atoms with Crippen LogP contribution in [-0.4, -0.2) is 10.9 Å². The molecule has 0 saturated heterocycles. The molecule has 0 aliphatic rings. The minimum Gasteiger partial charge on any atom is -0.489 e. The van der Waals surface area contributed by atoms with Gasteiger partial charge in [0.05, 0.1) is 0 Å². The lowest BCUT2D eigenvalue weighted by molar-refractivity contribution is 0.102. The summed E-state index contributed by atoms with van der Waals surface area (Å²) in [5.74, 6) is 0.604. The van der Waals surface area contributed by atoms with Gasteiger partial charge in [-0.05, 0) is 60.9 Å². The molecule has 0 unspecified atom stereocenters. The van der Waals surface area contributed by atoms with Gasteiger partial charge in [-0.2, -0.15) is 0 Å². The molecular formula is C24H22N2O2. The minimum atomic E-state index is -0.159. The van der Waals surface area contributed by atoms with Crippen LogP contribution in [0.25, 0.3) is 10.9 Å². The quantitative estimate of drug-likeness (QED) is 0.479. The molecule has 140 valence electrons. The van der Waals surface area contributed by atoms with Gasteiger partial charge in [-0.1, -0.05) is 36.4 Å². The first-order valence-electron chi connectivity index (χ1n) is 9.26. The van der Waals surface area contributed by atoms with Crippen molar-refractivity contribution >= 4 is 22.5 Å². The molecule has 0 saturated carbocycles. The number of hydrogen-bond acceptors (Lipinski definition) is 2. The molecule has 1 aromatic heterocycles. The molecule has 4 heteroatoms. The summed E-state index contributed by atoms with van der Waals surface area (Å²) in [7, 11) is 0. The lowest BCUT2D eigenvalue weighted by atomic mass is 10.1. The molecule has 0 fully saturated rings. The highest BCUT2D eigenvalue weighted by atomic mass is 16.5. The maximum absolute atomic E-state index is 12.6. The Morgan fingerprint density at radius 2 is 1.68 bits per heavy atom. The summed E-state index contributed by atoms with van der Waals surface area (Å²) in [4.78, 5) is 15.8. The third kappa shape index (κ3) is 4.07. The number of nitrogens with one attached hydrogen (secondary N) is 2. The van der Waals surface area contributed by atoms with Crippen molar-refractivity contribution in [3.8, 4) is 5.75 Å². The molecule has 0 radical (unpaired) electrons. The van der Waals surface area contributed by atoms with E-state index in [0.29, 0.717) is 12.3 Å². The molecule has 0 bridgehead atoms. The standard InChI is InChI=1S/C24H22N2O2/c1-16-10-17(2)12-20(11-16)25-24(27)23-13-19-8-9-21(14-22(19)26-23)28-15-18-6-4-3-5-7-18/h3-14,26H,15H2,1-2H3,(H,25,27). The number of aromatic amines is 1. The molecule has 3 aromatic carbocycles. The zero-order valence-electron chi connectivity index (χ0n) is 16.0. The predicted molar refractivity (Wildman–Crippen MR) is 113 cm³/mol. The van der Waals surface area contributed by atoms with Crippen LogP contribution < -0.4 is 10.1 Å². The minimum absolute atomic E-state index is 0.159. The summed E-state index contributed by atoms with van der Waals surface area (Å²) < 4.78 is 5.87. The monoisotopic (exact) mass is 370 g/mol. The van der Waals surface area contributed by atoms with Crippen molar-refractivity contribution in [3.63, 3.8) is 0 Å². The van der Waals surface area contributed by atoms with E-state index in [9.17, 15) is 4.79 Å². The van der Waals surface area contributed by atoms with E-state index in [1.165, 1.54) is 0 Å². The third-order valence-corrected chi connectivity index (χ3v) is 4.57. The van der Waals surface area contributed by atoms with Crippen molar-refractivity contribution in [2.75, 3.05) is 5.32 Å². The van der Waals surface area contributed by atoms with Gasteiger partial charge in [0.2, 0.25) is 0 Å². The van der Waals surface area contributed by atoms with Crippen molar-refractivity contribution in [1.82, 2.24) is 4.98 Å². The normalized spacial score (nSPS) is 10.8. The molecule has 2 N–H and O–H groups in total. The Kier molecular flexibility index (Phi) is 4.85. The number of benzene rings is 3. The second-order valence-corrected chi connectivity index (χ2v) is 7.04. The number of rotatable bonds is 5. The van der Waals surface area contributed by atoms with E-state index in [1.807, 2.05) is 80.6 Å². The van der Waals surface area contributed by atoms with E-state index in [0.717, 1.165) is 39.0 Å². The lowest BCUT2D eigenvalue weighted by Crippen LogP contribution is -2.12. The third-order valence-electron chi connectivity index (χ3n) is 4.57. The Hall–Kier alpha value is -3.53. The fourth-order valence-corrected chi connectivity index (χ4v) is 3.30. The van der Waals surface area contributed by atoms with Crippen molar-refractivity contribution < 1.29 is 9.53 Å². The van der Waals surface area contributed by atoms with Crippen molar-refractivity contribution in [2.45, 2.75) is 20.5 Å². The van der Waals surface area contributed by atoms with Crippen molar-refractivity contribution in [1.29, 1.82) is 0 Å². The Balaban J connectivity index is 1.50. The Labute approximate surface area is 164 Å². The van der Waals surface area contributed by atoms with Gasteiger partial charge >= 0.3 is 0 Å². The highest BCUT2D eigenvalue weighted by Gasteiger charge is 2.11. The summed E-state index contributed by atoms with van der Waals surface area (Å²) in [5.41, 5.74) is 5.54. The lowest BCUT2D eigenvalue weighted by Gasteiger charge is -2.06. The number of aromatic nitrogens is 1. The number of hydrogen-bond donors (Lipinski definition) is 2. The van der Waals surface area contributed by atoms with Crippen LogP contribution in [0.1, 0.15) is 27.2 Å². The van der Waals surface area contributed by atoms with Crippen LogP contribution in [-0.2, 0) is 6.61 Å². The zero-order chi connectivity index (χ0) is 19.5. The molecule has 4 nitrogen and oxygen atoms in total. The van der Waals surface area contributed by atoms with E-state index in [-0.39, 0.29) is 5.91 Å². The van der Waals surface area contributed by atoms with Gasteiger partial charge in [-0.3, -0.25) is 4.79 Å². The van der Waals surface area contributed by atoms with E-state index >= 15 is 0 Å². The van der Waals surface area contributed by atoms with Crippen LogP contribution >= 0.6 is 0 Å². The first-order valence-corrected chi connectivity index (χ1v) is 9.26. The van der Waals surface area contributed by atoms with Gasteiger partial charge < -0.3 is 15.0 Å². The second-order valence-electron chi connectivity index (χ2n) is 7.04. The molecule has 0 aliphatic carbocycles. The van der Waals surface area contributed by atoms with Crippen LogP contribution in [0.3, 0.4) is 0 Å². The Bertz CT molecular complexity index is 1110. The second kappa shape index (κ2) is 7.61. The van der Waals surface area contributed by atoms with Crippen LogP contribution in [0.2, 0.25) is 0 Å². The molecule has 4 aromatic rings. The van der Waals surface area contributed by atoms with E-state index in [4.69, 9.17) is 4.74 Å². The molecule has 28 heavy (non-hydrogen) atoms. The summed E-state index contributed by atoms with van der Waals surface area (Å²) in [6, 6.07) is 23.7. The van der Waals surface area contributed by atoms with Crippen LogP contribution in [0.4, 0.5) is 5.69 Å². The van der Waals surface area contributed by atoms with Crippen LogP contribution in [0.5, 0.6) is 5.75 Å². The molecule has 0 spiro atoms. The number of fused-ring (bicyclic) bond motifs is 1. The van der Waals surface area contributed by atoms with Crippen molar-refractivity contribution in [2.24, 2.45) is 0 Å². The highest BCUT2D eigenvalue weighted by molar-refractivity contribution is 6.06. The average Bonchev–Trinajstić information content (AvgIpc) is 3.10. The van der Waals surface area contributed by atoms with Gasteiger partial charge in [-0.15, -0.1) is 0 Å². The largest absolute Gasteiger partial charge is 0.489 e. The van der Waals surface area contributed by atoms with Crippen LogP contribution in [0.15, 0.2) is 72.8 Å². The highest BCUT2D eigenvalue weighted by Crippen LogP contribution is 2.23. The zero-order valence-corrected chi connectivity index (χ0v) is 16.0. The maximum atomic E-state index is 12.6. The number of H-pyrrole nitrogens is 1. The number of carbonyl (C=O) groups excluding carboxylic acids is 1. The molecule has 1 heterocycles. The van der Waals surface area contributed by atoms with Gasteiger partial charge in [0.1, 0.15) is 18.1 Å². The summed E-state index contributed by atoms with van der Waals surface area (Å²) in [5, 5.41) is 3.93. The maximum Gasteiger partial charge on any atom is 0.272 e. The predicted octanol–water partition coefficient (Wildman–Crippen LogP) is 5.62. The van der Waals surface area contributed by atoms with Gasteiger partial charge in [0.25, 0.3) is 5.91 Å². The number of ether oxygens (including phenoxy) is 1. The topological polar surface area (TPSA) is 54.1 Å². The first-order chi connectivity index (χ1) is 13.6. The fourth-order valence-electron chi connectivity index (χ4n) is 3.30. The van der Waals surface area contributed by atoms with Gasteiger partial charge in [-0.25, -0.2) is 0 Å². The number of amides is 1. The molecule has 1 amide bonds. The Morgan fingerprint density at radius 1 is 0.929 bits per heavy atom. The summed E-state index contributed by atoms with van der Waals surface area (Å²) in [6.45, 7) is 4.54. The van der Waals surface area contributed by atoms with E-state index in [2.05, 4.69) is 16.4 Å². The number of carbonyl (C=O) groups is 1. The van der Waals surface area contributed by atoms with Gasteiger partial charge in [0, 0.05) is 22.7 Å². The molecular weight excluding hydrogens is 348 g/mol. The van der Waals surface area contributed by atoms with Crippen molar-refractivity contribution in [3.05, 3.63) is 95.2 Å². The smallest absolute Gasteiger partial charge is 0.272 e. The molecule has 0 aliphatic heterocycles. The van der Waals surface area contributed by atoms with E-state index in [1.54, 1.807) is 0 Å². The number of anilines is 1. The van der Waals surface area contributed by atoms with Gasteiger partial charge in [0.15, 0.2) is 0 Å². The Morgan fingerprint density at radius 3 is 2.43 bits per heavy atom.